The zero-order chi connectivity index (χ0) is 16.1. The molecule has 0 saturated carbocycles. The van der Waals surface area contributed by atoms with Crippen molar-refractivity contribution in [3.8, 4) is 5.75 Å². The van der Waals surface area contributed by atoms with E-state index in [1.807, 2.05) is 36.4 Å². The molecule has 23 heavy (non-hydrogen) atoms. The van der Waals surface area contributed by atoms with Gasteiger partial charge in [0.15, 0.2) is 11.7 Å². The third-order valence-corrected chi connectivity index (χ3v) is 3.83. The Labute approximate surface area is 134 Å². The lowest BCUT2D eigenvalue weighted by Gasteiger charge is -2.32. The Morgan fingerprint density at radius 3 is 2.48 bits per heavy atom. The molecule has 1 aliphatic heterocycles. The molecule has 7 nitrogen and oxygen atoms in total. The van der Waals surface area contributed by atoms with Crippen molar-refractivity contribution in [2.45, 2.75) is 18.9 Å². The van der Waals surface area contributed by atoms with Gasteiger partial charge in [0.25, 0.3) is 0 Å². The van der Waals surface area contributed by atoms with Crippen LogP contribution in [0.15, 0.2) is 47.6 Å². The van der Waals surface area contributed by atoms with Gasteiger partial charge in [0.05, 0.1) is 0 Å². The van der Waals surface area contributed by atoms with E-state index in [4.69, 9.17) is 15.7 Å². The van der Waals surface area contributed by atoms with Gasteiger partial charge in [-0.3, -0.25) is 0 Å². The zero-order valence-electron chi connectivity index (χ0n) is 12.7. The third-order valence-electron chi connectivity index (χ3n) is 3.83. The number of piperidine rings is 1. The molecule has 0 bridgehead atoms. The van der Waals surface area contributed by atoms with Crippen LogP contribution in [0, 0.1) is 0 Å². The number of hydrogen-bond donors (Lipinski definition) is 2. The highest BCUT2D eigenvalue weighted by atomic mass is 16.5. The molecule has 0 radical (unpaired) electrons. The quantitative estimate of drug-likeness (QED) is 0.385. The summed E-state index contributed by atoms with van der Waals surface area (Å²) in [5.41, 5.74) is 5.84. The molecule has 0 aliphatic carbocycles. The molecule has 120 valence electrons. The summed E-state index contributed by atoms with van der Waals surface area (Å²) in [6.45, 7) is 1.71. The Morgan fingerprint density at radius 2 is 1.87 bits per heavy atom. The molecule has 1 saturated heterocycles. The maximum absolute atomic E-state index is 8.63. The standard InChI is InChI=1S/C16H19N5O2/c17-16(20-22)14-6-7-15(19-18-14)21-10-8-13(9-11-21)23-12-4-2-1-3-5-12/h1-7,13,22H,8-11H2,(H2,17,20). The highest BCUT2D eigenvalue weighted by Gasteiger charge is 2.21. The van der Waals surface area contributed by atoms with Crippen LogP contribution in [0.3, 0.4) is 0 Å². The molecule has 3 rings (SSSR count). The summed E-state index contributed by atoms with van der Waals surface area (Å²) in [5, 5.41) is 19.7. The molecule has 0 amide bonds. The molecule has 0 unspecified atom stereocenters. The van der Waals surface area contributed by atoms with Crippen molar-refractivity contribution < 1.29 is 9.94 Å². The van der Waals surface area contributed by atoms with E-state index in [2.05, 4.69) is 20.3 Å². The van der Waals surface area contributed by atoms with Gasteiger partial charge < -0.3 is 20.6 Å². The Hall–Kier alpha value is -2.83. The van der Waals surface area contributed by atoms with E-state index < -0.39 is 0 Å². The highest BCUT2D eigenvalue weighted by Crippen LogP contribution is 2.21. The Kier molecular flexibility index (Phi) is 4.56. The Balaban J connectivity index is 1.56. The van der Waals surface area contributed by atoms with Gasteiger partial charge in [0, 0.05) is 25.9 Å². The van der Waals surface area contributed by atoms with Crippen molar-refractivity contribution in [1.29, 1.82) is 0 Å². The minimum absolute atomic E-state index is 0.0426. The van der Waals surface area contributed by atoms with Crippen LogP contribution in [-0.4, -0.2) is 40.4 Å². The second-order valence-corrected chi connectivity index (χ2v) is 5.38. The van der Waals surface area contributed by atoms with E-state index in [1.165, 1.54) is 0 Å². The minimum Gasteiger partial charge on any atom is -0.490 e. The second-order valence-electron chi connectivity index (χ2n) is 5.38. The summed E-state index contributed by atoms with van der Waals surface area (Å²) in [6.07, 6.45) is 2.08. The largest absolute Gasteiger partial charge is 0.490 e. The minimum atomic E-state index is -0.0426. The lowest BCUT2D eigenvalue weighted by atomic mass is 10.1. The van der Waals surface area contributed by atoms with E-state index in [1.54, 1.807) is 6.07 Å². The number of oxime groups is 1. The number of aromatic nitrogens is 2. The van der Waals surface area contributed by atoms with E-state index in [9.17, 15) is 0 Å². The molecule has 2 heterocycles. The molecule has 0 atom stereocenters. The summed E-state index contributed by atoms with van der Waals surface area (Å²) < 4.78 is 5.98. The topological polar surface area (TPSA) is 96.9 Å². The zero-order valence-corrected chi connectivity index (χ0v) is 12.7. The molecule has 1 aromatic heterocycles. The fourth-order valence-electron chi connectivity index (χ4n) is 2.58. The van der Waals surface area contributed by atoms with E-state index in [0.717, 1.165) is 37.5 Å². The van der Waals surface area contributed by atoms with Crippen LogP contribution >= 0.6 is 0 Å². The average molecular weight is 313 g/mol. The summed E-state index contributed by atoms with van der Waals surface area (Å²) in [5.74, 6) is 1.66. The number of amidine groups is 1. The lowest BCUT2D eigenvalue weighted by molar-refractivity contribution is 0.170. The summed E-state index contributed by atoms with van der Waals surface area (Å²) >= 11 is 0. The normalized spacial score (nSPS) is 16.3. The van der Waals surface area contributed by atoms with Crippen LogP contribution in [0.2, 0.25) is 0 Å². The second kappa shape index (κ2) is 6.95. The number of nitrogens with two attached hydrogens (primary N) is 1. The Bertz CT molecular complexity index is 652. The van der Waals surface area contributed by atoms with Crippen LogP contribution in [0.1, 0.15) is 18.5 Å². The first-order chi connectivity index (χ1) is 11.3. The number of rotatable bonds is 4. The number of para-hydroxylation sites is 1. The number of benzene rings is 1. The van der Waals surface area contributed by atoms with Crippen molar-refractivity contribution in [3.05, 3.63) is 48.2 Å². The molecule has 3 N–H and O–H groups in total. The molecule has 1 aliphatic rings. The van der Waals surface area contributed by atoms with Gasteiger partial charge in [-0.25, -0.2) is 0 Å². The number of ether oxygens (including phenoxy) is 1. The Morgan fingerprint density at radius 1 is 1.13 bits per heavy atom. The van der Waals surface area contributed by atoms with Gasteiger partial charge >= 0.3 is 0 Å². The van der Waals surface area contributed by atoms with Gasteiger partial charge in [-0.2, -0.15) is 0 Å². The molecule has 1 fully saturated rings. The summed E-state index contributed by atoms with van der Waals surface area (Å²) in [7, 11) is 0. The predicted octanol–water partition coefficient (Wildman–Crippen LogP) is 1.62. The number of hydrogen-bond acceptors (Lipinski definition) is 6. The van der Waals surface area contributed by atoms with Gasteiger partial charge in [-0.1, -0.05) is 23.4 Å². The molecular formula is C16H19N5O2. The van der Waals surface area contributed by atoms with Crippen LogP contribution in [0.5, 0.6) is 5.75 Å². The van der Waals surface area contributed by atoms with Gasteiger partial charge in [0.2, 0.25) is 0 Å². The van der Waals surface area contributed by atoms with Crippen LogP contribution < -0.4 is 15.4 Å². The number of nitrogens with zero attached hydrogens (tertiary/aromatic N) is 4. The number of anilines is 1. The highest BCUT2D eigenvalue weighted by molar-refractivity contribution is 5.95. The van der Waals surface area contributed by atoms with Crippen molar-refractivity contribution in [2.75, 3.05) is 18.0 Å². The van der Waals surface area contributed by atoms with E-state index >= 15 is 0 Å². The summed E-state index contributed by atoms with van der Waals surface area (Å²) in [4.78, 5) is 2.16. The maximum Gasteiger partial charge on any atom is 0.190 e. The molecular weight excluding hydrogens is 294 g/mol. The summed E-state index contributed by atoms with van der Waals surface area (Å²) in [6, 6.07) is 13.4. The SMILES string of the molecule is N/C(=N\O)c1ccc(N2CCC(Oc3ccccc3)CC2)nn1. The first-order valence-electron chi connectivity index (χ1n) is 7.54. The first-order valence-corrected chi connectivity index (χ1v) is 7.54. The van der Waals surface area contributed by atoms with E-state index in [-0.39, 0.29) is 11.9 Å². The smallest absolute Gasteiger partial charge is 0.190 e. The lowest BCUT2D eigenvalue weighted by Crippen LogP contribution is -2.38. The van der Waals surface area contributed by atoms with Gasteiger partial charge in [0.1, 0.15) is 17.5 Å². The molecule has 1 aromatic carbocycles. The fraction of sp³-hybridized carbons (Fsp3) is 0.312. The van der Waals surface area contributed by atoms with Crippen molar-refractivity contribution in [1.82, 2.24) is 10.2 Å². The van der Waals surface area contributed by atoms with Gasteiger partial charge in [-0.15, -0.1) is 10.2 Å². The van der Waals surface area contributed by atoms with Gasteiger partial charge in [-0.05, 0) is 24.3 Å². The molecule has 7 heteroatoms. The molecule has 0 spiro atoms. The van der Waals surface area contributed by atoms with Crippen LogP contribution in [0.4, 0.5) is 5.82 Å². The average Bonchev–Trinajstić information content (AvgIpc) is 2.63. The van der Waals surface area contributed by atoms with Crippen LogP contribution in [-0.2, 0) is 0 Å². The van der Waals surface area contributed by atoms with Crippen molar-refractivity contribution in [3.63, 3.8) is 0 Å². The monoisotopic (exact) mass is 313 g/mol. The van der Waals surface area contributed by atoms with E-state index in [0.29, 0.717) is 5.69 Å². The first kappa shape index (κ1) is 15.1. The van der Waals surface area contributed by atoms with Crippen LogP contribution in [0.25, 0.3) is 0 Å². The fourth-order valence-corrected chi connectivity index (χ4v) is 2.58. The third kappa shape index (κ3) is 3.68. The maximum atomic E-state index is 8.63. The van der Waals surface area contributed by atoms with Crippen molar-refractivity contribution >= 4 is 11.7 Å². The van der Waals surface area contributed by atoms with Crippen molar-refractivity contribution in [2.24, 2.45) is 10.9 Å². The molecule has 2 aromatic rings. The predicted molar refractivity (Wildman–Crippen MR) is 86.8 cm³/mol.